The van der Waals surface area contributed by atoms with Gasteiger partial charge in [0.1, 0.15) is 6.04 Å². The zero-order valence-electron chi connectivity index (χ0n) is 15.1. The van der Waals surface area contributed by atoms with Gasteiger partial charge in [0, 0.05) is 11.4 Å². The van der Waals surface area contributed by atoms with Crippen molar-refractivity contribution in [1.82, 2.24) is 0 Å². The minimum atomic E-state index is -0.303. The summed E-state index contributed by atoms with van der Waals surface area (Å²) in [5.74, 6) is 0.344. The normalized spacial score (nSPS) is 12.0. The fraction of sp³-hybridized carbons (Fsp3) is 0.381. The fourth-order valence-electron chi connectivity index (χ4n) is 2.73. The van der Waals surface area contributed by atoms with E-state index < -0.39 is 0 Å². The minimum Gasteiger partial charge on any atom is -0.374 e. The molecule has 0 saturated carbocycles. The van der Waals surface area contributed by atoms with Crippen LogP contribution in [0.25, 0.3) is 0 Å². The van der Waals surface area contributed by atoms with Gasteiger partial charge in [-0.1, -0.05) is 57.5 Å². The number of carbonyl (C=O) groups is 1. The summed E-state index contributed by atoms with van der Waals surface area (Å²) in [6.45, 7) is 8.32. The third-order valence-electron chi connectivity index (χ3n) is 4.11. The summed E-state index contributed by atoms with van der Waals surface area (Å²) in [5, 5.41) is 6.31. The molecule has 3 nitrogen and oxygen atoms in total. The molecule has 0 aliphatic heterocycles. The van der Waals surface area contributed by atoms with Gasteiger partial charge < -0.3 is 10.6 Å². The first kappa shape index (κ1) is 18.1. The SMILES string of the molecule is CCCc1ccc(NC(C)C(=O)Nc2ccccc2C(C)C)cc1. The molecule has 0 spiro atoms. The molecule has 1 atom stereocenters. The first-order valence-corrected chi connectivity index (χ1v) is 8.76. The largest absolute Gasteiger partial charge is 0.374 e. The first-order valence-electron chi connectivity index (χ1n) is 8.76. The van der Waals surface area contributed by atoms with Gasteiger partial charge in [-0.25, -0.2) is 0 Å². The number of rotatable bonds is 7. The number of aryl methyl sites for hydroxylation is 1. The van der Waals surface area contributed by atoms with Gasteiger partial charge in [0.2, 0.25) is 5.91 Å². The molecule has 0 aromatic heterocycles. The molecule has 0 fully saturated rings. The smallest absolute Gasteiger partial charge is 0.246 e. The van der Waals surface area contributed by atoms with Gasteiger partial charge in [0.15, 0.2) is 0 Å². The van der Waals surface area contributed by atoms with E-state index in [1.54, 1.807) is 0 Å². The highest BCUT2D eigenvalue weighted by Gasteiger charge is 2.15. The van der Waals surface area contributed by atoms with Gasteiger partial charge in [0.25, 0.3) is 0 Å². The molecule has 0 saturated heterocycles. The molecule has 0 bridgehead atoms. The van der Waals surface area contributed by atoms with Crippen molar-refractivity contribution in [3.05, 3.63) is 59.7 Å². The number of hydrogen-bond donors (Lipinski definition) is 2. The lowest BCUT2D eigenvalue weighted by Crippen LogP contribution is -2.32. The summed E-state index contributed by atoms with van der Waals surface area (Å²) >= 11 is 0. The lowest BCUT2D eigenvalue weighted by molar-refractivity contribution is -0.116. The zero-order valence-corrected chi connectivity index (χ0v) is 15.1. The van der Waals surface area contributed by atoms with E-state index in [1.165, 1.54) is 5.56 Å². The highest BCUT2D eigenvalue weighted by Crippen LogP contribution is 2.24. The number of hydrogen-bond acceptors (Lipinski definition) is 2. The van der Waals surface area contributed by atoms with Crippen molar-refractivity contribution in [2.75, 3.05) is 10.6 Å². The van der Waals surface area contributed by atoms with Crippen LogP contribution in [-0.2, 0) is 11.2 Å². The standard InChI is InChI=1S/C21H28N2O/c1-5-8-17-11-13-18(14-12-17)22-16(4)21(24)23-20-10-7-6-9-19(20)15(2)3/h6-7,9-16,22H,5,8H2,1-4H3,(H,23,24). The van der Waals surface area contributed by atoms with Gasteiger partial charge in [-0.15, -0.1) is 0 Å². The lowest BCUT2D eigenvalue weighted by atomic mass is 10.0. The van der Waals surface area contributed by atoms with Crippen LogP contribution in [0.5, 0.6) is 0 Å². The van der Waals surface area contributed by atoms with E-state index in [0.29, 0.717) is 5.92 Å². The Morgan fingerprint density at radius 2 is 1.67 bits per heavy atom. The Kier molecular flexibility index (Phi) is 6.42. The second-order valence-electron chi connectivity index (χ2n) is 6.54. The molecule has 0 heterocycles. The van der Waals surface area contributed by atoms with E-state index in [2.05, 4.69) is 49.6 Å². The summed E-state index contributed by atoms with van der Waals surface area (Å²) in [6, 6.07) is 16.0. The van der Waals surface area contributed by atoms with Crippen molar-refractivity contribution in [2.45, 2.75) is 52.5 Å². The van der Waals surface area contributed by atoms with Crippen molar-refractivity contribution >= 4 is 17.3 Å². The summed E-state index contributed by atoms with van der Waals surface area (Å²) in [6.07, 6.45) is 2.23. The molecule has 0 radical (unpaired) electrons. The molecule has 0 aliphatic rings. The van der Waals surface area contributed by atoms with Crippen molar-refractivity contribution in [3.8, 4) is 0 Å². The van der Waals surface area contributed by atoms with Gasteiger partial charge in [-0.2, -0.15) is 0 Å². The van der Waals surface area contributed by atoms with Gasteiger partial charge in [0.05, 0.1) is 0 Å². The predicted octanol–water partition coefficient (Wildman–Crippen LogP) is 5.20. The van der Waals surface area contributed by atoms with E-state index in [9.17, 15) is 4.79 Å². The molecule has 24 heavy (non-hydrogen) atoms. The molecule has 3 heteroatoms. The second-order valence-corrected chi connectivity index (χ2v) is 6.54. The lowest BCUT2D eigenvalue weighted by Gasteiger charge is -2.18. The van der Waals surface area contributed by atoms with Crippen LogP contribution in [0.1, 0.15) is 51.2 Å². The van der Waals surface area contributed by atoms with Crippen LogP contribution in [-0.4, -0.2) is 11.9 Å². The van der Waals surface area contributed by atoms with Crippen LogP contribution in [0.2, 0.25) is 0 Å². The minimum absolute atomic E-state index is 0.0271. The predicted molar refractivity (Wildman–Crippen MR) is 103 cm³/mol. The van der Waals surface area contributed by atoms with Gasteiger partial charge >= 0.3 is 0 Å². The molecule has 0 aliphatic carbocycles. The van der Waals surface area contributed by atoms with Crippen molar-refractivity contribution < 1.29 is 4.79 Å². The van der Waals surface area contributed by atoms with Gasteiger partial charge in [-0.3, -0.25) is 4.79 Å². The van der Waals surface area contributed by atoms with E-state index in [0.717, 1.165) is 29.8 Å². The molecule has 2 aromatic rings. The third-order valence-corrected chi connectivity index (χ3v) is 4.11. The highest BCUT2D eigenvalue weighted by molar-refractivity contribution is 5.96. The molecule has 1 unspecified atom stereocenters. The van der Waals surface area contributed by atoms with Crippen LogP contribution in [0.3, 0.4) is 0 Å². The van der Waals surface area contributed by atoms with E-state index in [4.69, 9.17) is 0 Å². The van der Waals surface area contributed by atoms with Crippen LogP contribution in [0.15, 0.2) is 48.5 Å². The second kappa shape index (κ2) is 8.53. The van der Waals surface area contributed by atoms with E-state index >= 15 is 0 Å². The topological polar surface area (TPSA) is 41.1 Å². The molecular formula is C21H28N2O. The number of anilines is 2. The summed E-state index contributed by atoms with van der Waals surface area (Å²) in [5.41, 5.74) is 4.34. The molecule has 2 aromatic carbocycles. The molecule has 2 rings (SSSR count). The zero-order chi connectivity index (χ0) is 17.5. The highest BCUT2D eigenvalue weighted by atomic mass is 16.2. The third kappa shape index (κ3) is 4.85. The molecule has 128 valence electrons. The summed E-state index contributed by atoms with van der Waals surface area (Å²) in [4.78, 5) is 12.5. The Hall–Kier alpha value is -2.29. The Morgan fingerprint density at radius 1 is 1.00 bits per heavy atom. The Labute approximate surface area is 145 Å². The van der Waals surface area contributed by atoms with Crippen molar-refractivity contribution in [2.24, 2.45) is 0 Å². The number of carbonyl (C=O) groups excluding carboxylic acids is 1. The summed E-state index contributed by atoms with van der Waals surface area (Å²) in [7, 11) is 0. The Balaban J connectivity index is 2.00. The Morgan fingerprint density at radius 3 is 2.29 bits per heavy atom. The monoisotopic (exact) mass is 324 g/mol. The first-order chi connectivity index (χ1) is 11.5. The average Bonchev–Trinajstić information content (AvgIpc) is 2.57. The number of benzene rings is 2. The molecular weight excluding hydrogens is 296 g/mol. The van der Waals surface area contributed by atoms with E-state index in [-0.39, 0.29) is 11.9 Å². The maximum atomic E-state index is 12.5. The van der Waals surface area contributed by atoms with Crippen LogP contribution >= 0.6 is 0 Å². The molecule has 1 amide bonds. The van der Waals surface area contributed by atoms with Crippen LogP contribution < -0.4 is 10.6 Å². The number of amides is 1. The van der Waals surface area contributed by atoms with Crippen molar-refractivity contribution in [1.29, 1.82) is 0 Å². The van der Waals surface area contributed by atoms with Crippen LogP contribution in [0, 0.1) is 0 Å². The number of para-hydroxylation sites is 1. The average molecular weight is 324 g/mol. The maximum absolute atomic E-state index is 12.5. The van der Waals surface area contributed by atoms with E-state index in [1.807, 2.05) is 37.3 Å². The number of nitrogens with one attached hydrogen (secondary N) is 2. The quantitative estimate of drug-likeness (QED) is 0.735. The Bertz CT molecular complexity index is 662. The van der Waals surface area contributed by atoms with Crippen molar-refractivity contribution in [3.63, 3.8) is 0 Å². The van der Waals surface area contributed by atoms with Crippen LogP contribution in [0.4, 0.5) is 11.4 Å². The summed E-state index contributed by atoms with van der Waals surface area (Å²) < 4.78 is 0. The molecule has 2 N–H and O–H groups in total. The maximum Gasteiger partial charge on any atom is 0.246 e. The fourth-order valence-corrected chi connectivity index (χ4v) is 2.73. The van der Waals surface area contributed by atoms with Gasteiger partial charge in [-0.05, 0) is 48.6 Å².